The van der Waals surface area contributed by atoms with E-state index in [0.717, 1.165) is 21.4 Å². The molecule has 2 aromatic carbocycles. The zero-order valence-corrected chi connectivity index (χ0v) is 19.7. The van der Waals surface area contributed by atoms with Gasteiger partial charge >= 0.3 is 0 Å². The molecule has 0 spiro atoms. The maximum absolute atomic E-state index is 4.60. The number of hydrogen-bond acceptors (Lipinski definition) is 2. The molecule has 3 rings (SSSR count). The molecule has 3 aromatic rings. The lowest BCUT2D eigenvalue weighted by Crippen LogP contribution is -2.25. The molecule has 3 nitrogen and oxygen atoms in total. The van der Waals surface area contributed by atoms with Crippen LogP contribution in [0.3, 0.4) is 0 Å². The average molecular weight is 452 g/mol. The van der Waals surface area contributed by atoms with Gasteiger partial charge in [0.1, 0.15) is 5.69 Å². The summed E-state index contributed by atoms with van der Waals surface area (Å²) in [6, 6.07) is 18.7. The summed E-state index contributed by atoms with van der Waals surface area (Å²) < 4.78 is 3.09. The van der Waals surface area contributed by atoms with Crippen molar-refractivity contribution in [2.75, 3.05) is 0 Å². The molecule has 0 aliphatic heterocycles. The van der Waals surface area contributed by atoms with Crippen molar-refractivity contribution >= 4 is 29.2 Å². The summed E-state index contributed by atoms with van der Waals surface area (Å²) in [6.07, 6.45) is 0. The molecule has 144 valence electrons. The molecule has 0 fully saturated rings. The minimum Gasteiger partial charge on any atom is -0.240 e. The molecule has 0 aliphatic rings. The Balaban J connectivity index is 2.24. The molecule has 0 saturated carbocycles. The van der Waals surface area contributed by atoms with Gasteiger partial charge in [0.05, 0.1) is 20.3 Å². The van der Waals surface area contributed by atoms with Crippen LogP contribution in [-0.2, 0) is 6.54 Å². The van der Waals surface area contributed by atoms with E-state index in [-0.39, 0.29) is 0 Å². The predicted octanol–water partition coefficient (Wildman–Crippen LogP) is 6.58. The van der Waals surface area contributed by atoms with E-state index >= 15 is 0 Å². The van der Waals surface area contributed by atoms with E-state index in [4.69, 9.17) is 0 Å². The first-order valence-corrected chi connectivity index (χ1v) is 13.7. The Morgan fingerprint density at radius 2 is 1.64 bits per heavy atom. The third-order valence-corrected chi connectivity index (χ3v) is 6.78. The molecular formula is C23H26BrN3Si. The molecule has 0 atom stereocenters. The van der Waals surface area contributed by atoms with Gasteiger partial charge in [-0.3, -0.25) is 0 Å². The fraction of sp³-hybridized carbons (Fsp3) is 0.261. The van der Waals surface area contributed by atoms with Gasteiger partial charge in [0.25, 0.3) is 0 Å². The summed E-state index contributed by atoms with van der Waals surface area (Å²) in [4.78, 5) is 0. The van der Waals surface area contributed by atoms with Crippen LogP contribution < -0.4 is 0 Å². The van der Waals surface area contributed by atoms with Crippen molar-refractivity contribution in [2.45, 2.75) is 40.0 Å². The van der Waals surface area contributed by atoms with Gasteiger partial charge in [-0.15, -0.1) is 10.8 Å². The van der Waals surface area contributed by atoms with Crippen molar-refractivity contribution in [3.63, 3.8) is 0 Å². The van der Waals surface area contributed by atoms with Crippen molar-refractivity contribution < 1.29 is 0 Å². The van der Waals surface area contributed by atoms with Crippen molar-refractivity contribution in [3.8, 4) is 11.3 Å². The van der Waals surface area contributed by atoms with Crippen LogP contribution in [0.25, 0.3) is 16.5 Å². The van der Waals surface area contributed by atoms with Crippen LogP contribution in [0.4, 0.5) is 0 Å². The van der Waals surface area contributed by atoms with Crippen LogP contribution >= 0.6 is 15.9 Å². The van der Waals surface area contributed by atoms with Crippen LogP contribution in [0.5, 0.6) is 0 Å². The summed E-state index contributed by atoms with van der Waals surface area (Å²) in [5, 5.41) is 10.4. The third kappa shape index (κ3) is 4.79. The number of hydrogen-bond donors (Lipinski definition) is 0. The Morgan fingerprint density at radius 3 is 2.21 bits per heavy atom. The van der Waals surface area contributed by atoms with E-state index in [1.165, 1.54) is 16.3 Å². The number of benzene rings is 2. The van der Waals surface area contributed by atoms with Gasteiger partial charge in [-0.1, -0.05) is 83.2 Å². The summed E-state index contributed by atoms with van der Waals surface area (Å²) >= 11 is 3.52. The lowest BCUT2D eigenvalue weighted by Gasteiger charge is -2.21. The maximum Gasteiger partial charge on any atom is 0.120 e. The lowest BCUT2D eigenvalue weighted by atomic mass is 10.1. The lowest BCUT2D eigenvalue weighted by molar-refractivity contribution is 0.644. The van der Waals surface area contributed by atoms with Gasteiger partial charge in [-0.25, -0.2) is 4.68 Å². The van der Waals surface area contributed by atoms with E-state index in [1.807, 2.05) is 22.9 Å². The van der Waals surface area contributed by atoms with Crippen molar-refractivity contribution in [2.24, 2.45) is 0 Å². The molecule has 0 unspecified atom stereocenters. The quantitative estimate of drug-likeness (QED) is 0.323. The number of allylic oxidation sites excluding steroid dienone is 1. The maximum atomic E-state index is 4.60. The van der Waals surface area contributed by atoms with E-state index in [0.29, 0.717) is 6.54 Å². The highest BCUT2D eigenvalue weighted by atomic mass is 79.9. The minimum atomic E-state index is -1.70. The molecule has 0 bridgehead atoms. The summed E-state index contributed by atoms with van der Waals surface area (Å²) in [6.45, 7) is 11.9. The zero-order chi connectivity index (χ0) is 20.3. The van der Waals surface area contributed by atoms with E-state index < -0.39 is 8.07 Å². The van der Waals surface area contributed by atoms with Gasteiger partial charge in [0, 0.05) is 15.2 Å². The standard InChI is InChI=1S/C23H26BrN3Si/c1-17(2)15-21(28(3,4)5)23-22(19-11-13-20(24)14-12-19)25-26-27(23)16-18-9-7-6-8-10-18/h6-14H,16H2,1-5H3. The molecule has 0 N–H and O–H groups in total. The first-order valence-electron chi connectivity index (χ1n) is 9.44. The minimum absolute atomic E-state index is 0.693. The third-order valence-electron chi connectivity index (χ3n) is 4.39. The summed E-state index contributed by atoms with van der Waals surface area (Å²) in [5.41, 5.74) is 9.13. The van der Waals surface area contributed by atoms with Crippen molar-refractivity contribution in [3.05, 3.63) is 81.6 Å². The summed E-state index contributed by atoms with van der Waals surface area (Å²) in [7, 11) is -1.70. The fourth-order valence-corrected chi connectivity index (χ4v) is 4.93. The van der Waals surface area contributed by atoms with Gasteiger partial charge in [-0.2, -0.15) is 0 Å². The number of aromatic nitrogens is 3. The smallest absolute Gasteiger partial charge is 0.120 e. The second-order valence-electron chi connectivity index (χ2n) is 8.19. The van der Waals surface area contributed by atoms with Crippen LogP contribution in [-0.4, -0.2) is 23.1 Å². The monoisotopic (exact) mass is 451 g/mol. The second kappa shape index (κ2) is 8.44. The first-order chi connectivity index (χ1) is 13.3. The Morgan fingerprint density at radius 1 is 1.00 bits per heavy atom. The molecule has 1 heterocycles. The highest BCUT2D eigenvalue weighted by Gasteiger charge is 2.28. The van der Waals surface area contributed by atoms with Gasteiger partial charge in [0.2, 0.25) is 0 Å². The number of rotatable bonds is 5. The van der Waals surface area contributed by atoms with Crippen LogP contribution in [0.15, 0.2) is 70.4 Å². The highest BCUT2D eigenvalue weighted by Crippen LogP contribution is 2.33. The van der Waals surface area contributed by atoms with Crippen LogP contribution in [0, 0.1) is 0 Å². The molecule has 5 heteroatoms. The number of halogens is 1. The second-order valence-corrected chi connectivity index (χ2v) is 14.1. The Bertz CT molecular complexity index is 1020. The zero-order valence-electron chi connectivity index (χ0n) is 17.1. The van der Waals surface area contributed by atoms with Gasteiger partial charge in [0.15, 0.2) is 0 Å². The molecular weight excluding hydrogens is 426 g/mol. The first kappa shape index (κ1) is 20.5. The average Bonchev–Trinajstić information content (AvgIpc) is 3.03. The SMILES string of the molecule is CC(C)=C=C(c1c(-c2ccc(Br)cc2)nnn1Cc1ccccc1)[Si](C)(C)C. The van der Waals surface area contributed by atoms with Crippen LogP contribution in [0.2, 0.25) is 19.6 Å². The fourth-order valence-electron chi connectivity index (χ4n) is 3.08. The molecule has 1 aromatic heterocycles. The molecule has 28 heavy (non-hydrogen) atoms. The Hall–Kier alpha value is -2.20. The molecule has 0 amide bonds. The van der Waals surface area contributed by atoms with E-state index in [2.05, 4.69) is 102 Å². The van der Waals surface area contributed by atoms with E-state index in [9.17, 15) is 0 Å². The Labute approximate surface area is 176 Å². The Kier molecular flexibility index (Phi) is 6.19. The predicted molar refractivity (Wildman–Crippen MR) is 124 cm³/mol. The highest BCUT2D eigenvalue weighted by molar-refractivity contribution is 9.10. The van der Waals surface area contributed by atoms with Crippen LogP contribution in [0.1, 0.15) is 25.1 Å². The van der Waals surface area contributed by atoms with E-state index in [1.54, 1.807) is 0 Å². The number of nitrogens with zero attached hydrogens (tertiary/aromatic N) is 3. The van der Waals surface area contributed by atoms with Crippen molar-refractivity contribution in [1.82, 2.24) is 15.0 Å². The van der Waals surface area contributed by atoms with Gasteiger partial charge in [-0.05, 0) is 37.1 Å². The molecule has 0 saturated heterocycles. The molecule has 0 aliphatic carbocycles. The van der Waals surface area contributed by atoms with Gasteiger partial charge < -0.3 is 0 Å². The normalized spacial score (nSPS) is 11.2. The van der Waals surface area contributed by atoms with Crippen molar-refractivity contribution in [1.29, 1.82) is 0 Å². The molecule has 0 radical (unpaired) electrons. The summed E-state index contributed by atoms with van der Waals surface area (Å²) in [5.74, 6) is 0. The topological polar surface area (TPSA) is 30.7 Å². The largest absolute Gasteiger partial charge is 0.240 e.